The molecule has 0 aliphatic rings. The minimum atomic E-state index is -0.606. The van der Waals surface area contributed by atoms with E-state index in [0.29, 0.717) is 22.8 Å². The number of carbonyl (C=O) groups excluding carboxylic acids is 3. The van der Waals surface area contributed by atoms with Gasteiger partial charge in [0.2, 0.25) is 0 Å². The van der Waals surface area contributed by atoms with Crippen molar-refractivity contribution in [1.82, 2.24) is 4.98 Å². The van der Waals surface area contributed by atoms with E-state index < -0.39 is 11.9 Å². The maximum Gasteiger partial charge on any atom is 0.355 e. The fourth-order valence-electron chi connectivity index (χ4n) is 1.94. The van der Waals surface area contributed by atoms with Gasteiger partial charge in [-0.15, -0.1) is 0 Å². The number of hydrogen-bond donors (Lipinski definition) is 1. The topological polar surface area (TPSA) is 85.5 Å². The summed E-state index contributed by atoms with van der Waals surface area (Å²) in [5.74, 6) is -1.12. The minimum absolute atomic E-state index is 0.0823. The molecule has 0 unspecified atom stereocenters. The van der Waals surface area contributed by atoms with E-state index in [1.54, 1.807) is 19.1 Å². The average molecular weight is 275 g/mol. The number of methoxy groups -OCH3 is 1. The van der Waals surface area contributed by atoms with Crippen LogP contribution in [0.3, 0.4) is 0 Å². The molecule has 0 amide bonds. The predicted molar refractivity (Wildman–Crippen MR) is 71.0 cm³/mol. The van der Waals surface area contributed by atoms with Crippen LogP contribution in [-0.2, 0) is 9.47 Å². The lowest BCUT2D eigenvalue weighted by Crippen LogP contribution is -2.07. The Bertz CT molecular complexity index is 686. The third kappa shape index (κ3) is 2.27. The molecule has 0 aliphatic carbocycles. The van der Waals surface area contributed by atoms with Gasteiger partial charge in [-0.1, -0.05) is 0 Å². The molecule has 2 aromatic rings. The fraction of sp³-hybridized carbons (Fsp3) is 0.214. The molecule has 0 spiro atoms. The first kappa shape index (κ1) is 13.8. The third-order valence-electron chi connectivity index (χ3n) is 2.86. The van der Waals surface area contributed by atoms with Crippen molar-refractivity contribution in [3.05, 3.63) is 35.0 Å². The van der Waals surface area contributed by atoms with Crippen LogP contribution in [0.5, 0.6) is 0 Å². The van der Waals surface area contributed by atoms with Crippen molar-refractivity contribution < 1.29 is 23.9 Å². The van der Waals surface area contributed by atoms with Gasteiger partial charge in [0, 0.05) is 10.9 Å². The van der Waals surface area contributed by atoms with Gasteiger partial charge in [0.15, 0.2) is 6.29 Å². The van der Waals surface area contributed by atoms with E-state index >= 15 is 0 Å². The normalized spacial score (nSPS) is 10.3. The lowest BCUT2D eigenvalue weighted by atomic mass is 10.1. The van der Waals surface area contributed by atoms with E-state index in [2.05, 4.69) is 9.72 Å². The number of aromatic amines is 1. The number of fused-ring (bicyclic) bond motifs is 1. The van der Waals surface area contributed by atoms with Crippen molar-refractivity contribution in [2.45, 2.75) is 6.92 Å². The summed E-state index contributed by atoms with van der Waals surface area (Å²) in [6, 6.07) is 4.66. The monoisotopic (exact) mass is 275 g/mol. The second-order valence-corrected chi connectivity index (χ2v) is 4.00. The zero-order valence-electron chi connectivity index (χ0n) is 11.1. The first-order valence-electron chi connectivity index (χ1n) is 5.98. The number of aromatic nitrogens is 1. The predicted octanol–water partition coefficient (Wildman–Crippen LogP) is 1.94. The van der Waals surface area contributed by atoms with Crippen LogP contribution < -0.4 is 0 Å². The number of hydrogen-bond acceptors (Lipinski definition) is 5. The summed E-state index contributed by atoms with van der Waals surface area (Å²) in [6.07, 6.45) is 0.562. The summed E-state index contributed by atoms with van der Waals surface area (Å²) in [5.41, 5.74) is 1.13. The molecular weight excluding hydrogens is 262 g/mol. The number of benzene rings is 1. The summed E-state index contributed by atoms with van der Waals surface area (Å²) in [6.45, 7) is 1.89. The zero-order chi connectivity index (χ0) is 14.7. The van der Waals surface area contributed by atoms with Crippen LogP contribution in [0.15, 0.2) is 18.2 Å². The number of H-pyrrole nitrogens is 1. The van der Waals surface area contributed by atoms with Gasteiger partial charge in [-0.05, 0) is 25.1 Å². The van der Waals surface area contributed by atoms with Gasteiger partial charge in [0.05, 0.1) is 24.8 Å². The molecule has 6 nitrogen and oxygen atoms in total. The number of aldehydes is 1. The first-order valence-corrected chi connectivity index (χ1v) is 5.98. The van der Waals surface area contributed by atoms with Crippen LogP contribution in [0.2, 0.25) is 0 Å². The van der Waals surface area contributed by atoms with Crippen LogP contribution >= 0.6 is 0 Å². The highest BCUT2D eigenvalue weighted by Crippen LogP contribution is 2.23. The van der Waals surface area contributed by atoms with Crippen molar-refractivity contribution >= 4 is 29.1 Å². The van der Waals surface area contributed by atoms with Gasteiger partial charge in [-0.2, -0.15) is 0 Å². The highest BCUT2D eigenvalue weighted by molar-refractivity contribution is 6.09. The zero-order valence-corrected chi connectivity index (χ0v) is 11.1. The highest BCUT2D eigenvalue weighted by atomic mass is 16.5. The van der Waals surface area contributed by atoms with E-state index in [1.807, 2.05) is 0 Å². The Morgan fingerprint density at radius 3 is 2.65 bits per heavy atom. The summed E-state index contributed by atoms with van der Waals surface area (Å²) in [7, 11) is 1.27. The summed E-state index contributed by atoms with van der Waals surface area (Å²) < 4.78 is 9.50. The Hall–Kier alpha value is -2.63. The number of esters is 2. The molecule has 1 aromatic heterocycles. The van der Waals surface area contributed by atoms with Gasteiger partial charge in [-0.3, -0.25) is 4.79 Å². The van der Waals surface area contributed by atoms with Crippen LogP contribution in [0.4, 0.5) is 0 Å². The van der Waals surface area contributed by atoms with Gasteiger partial charge in [0.1, 0.15) is 5.69 Å². The Labute approximate surface area is 114 Å². The smallest absolute Gasteiger partial charge is 0.355 e. The SMILES string of the molecule is CCOC(=O)c1[nH]c2ccc(C(=O)OC)cc2c1C=O. The molecule has 0 saturated heterocycles. The maximum atomic E-state index is 11.8. The molecule has 0 bridgehead atoms. The Morgan fingerprint density at radius 2 is 2.05 bits per heavy atom. The standard InChI is InChI=1S/C14H13NO5/c1-3-20-14(18)12-10(7-16)9-6-8(13(17)19-2)4-5-11(9)15-12/h4-7,15H,3H2,1-2H3. The Balaban J connectivity index is 2.60. The second-order valence-electron chi connectivity index (χ2n) is 4.00. The number of nitrogens with one attached hydrogen (secondary N) is 1. The molecule has 6 heteroatoms. The molecule has 104 valence electrons. The molecular formula is C14H13NO5. The minimum Gasteiger partial charge on any atom is -0.465 e. The number of carbonyl (C=O) groups is 3. The number of ether oxygens (including phenoxy) is 2. The molecule has 1 aromatic carbocycles. The van der Waals surface area contributed by atoms with Crippen molar-refractivity contribution in [1.29, 1.82) is 0 Å². The summed E-state index contributed by atoms with van der Waals surface area (Å²) in [5, 5.41) is 0.478. The fourth-order valence-corrected chi connectivity index (χ4v) is 1.94. The van der Waals surface area contributed by atoms with E-state index in [0.717, 1.165) is 0 Å². The summed E-state index contributed by atoms with van der Waals surface area (Å²) in [4.78, 5) is 37.3. The molecule has 0 aliphatic heterocycles. The quantitative estimate of drug-likeness (QED) is 0.680. The molecule has 0 fully saturated rings. The Kier molecular flexibility index (Phi) is 3.84. The molecule has 0 saturated carbocycles. The lowest BCUT2D eigenvalue weighted by molar-refractivity contribution is 0.0517. The van der Waals surface area contributed by atoms with Crippen LogP contribution in [0.25, 0.3) is 10.9 Å². The van der Waals surface area contributed by atoms with Gasteiger partial charge < -0.3 is 14.5 Å². The molecule has 1 heterocycles. The van der Waals surface area contributed by atoms with E-state index in [-0.39, 0.29) is 17.9 Å². The van der Waals surface area contributed by atoms with E-state index in [9.17, 15) is 14.4 Å². The van der Waals surface area contributed by atoms with E-state index in [1.165, 1.54) is 13.2 Å². The van der Waals surface area contributed by atoms with Crippen LogP contribution in [0, 0.1) is 0 Å². The molecule has 0 radical (unpaired) electrons. The highest BCUT2D eigenvalue weighted by Gasteiger charge is 2.19. The molecule has 2 rings (SSSR count). The van der Waals surface area contributed by atoms with Crippen molar-refractivity contribution in [2.75, 3.05) is 13.7 Å². The van der Waals surface area contributed by atoms with Crippen LogP contribution in [0.1, 0.15) is 38.1 Å². The largest absolute Gasteiger partial charge is 0.465 e. The van der Waals surface area contributed by atoms with Crippen molar-refractivity contribution in [3.8, 4) is 0 Å². The van der Waals surface area contributed by atoms with Crippen molar-refractivity contribution in [3.63, 3.8) is 0 Å². The molecule has 20 heavy (non-hydrogen) atoms. The molecule has 1 N–H and O–H groups in total. The third-order valence-corrected chi connectivity index (χ3v) is 2.86. The lowest BCUT2D eigenvalue weighted by Gasteiger charge is -1.99. The van der Waals surface area contributed by atoms with Crippen molar-refractivity contribution in [2.24, 2.45) is 0 Å². The summed E-state index contributed by atoms with van der Waals surface area (Å²) >= 11 is 0. The average Bonchev–Trinajstić information content (AvgIpc) is 2.84. The second kappa shape index (κ2) is 5.56. The van der Waals surface area contributed by atoms with Gasteiger partial charge in [-0.25, -0.2) is 9.59 Å². The van der Waals surface area contributed by atoms with Crippen LogP contribution in [-0.4, -0.2) is 36.9 Å². The first-order chi connectivity index (χ1) is 9.62. The van der Waals surface area contributed by atoms with Gasteiger partial charge >= 0.3 is 11.9 Å². The van der Waals surface area contributed by atoms with E-state index in [4.69, 9.17) is 4.74 Å². The number of rotatable bonds is 4. The molecule has 0 atom stereocenters. The Morgan fingerprint density at radius 1 is 1.30 bits per heavy atom. The maximum absolute atomic E-state index is 11.8. The van der Waals surface area contributed by atoms with Gasteiger partial charge in [0.25, 0.3) is 0 Å².